The van der Waals surface area contributed by atoms with Crippen molar-refractivity contribution in [3.63, 3.8) is 0 Å². The number of rotatable bonds is 2. The molecule has 0 saturated carbocycles. The van der Waals surface area contributed by atoms with Gasteiger partial charge in [0.25, 0.3) is 5.91 Å². The van der Waals surface area contributed by atoms with Crippen LogP contribution in [0.5, 0.6) is 5.75 Å². The van der Waals surface area contributed by atoms with Crippen molar-refractivity contribution in [1.29, 1.82) is 0 Å². The summed E-state index contributed by atoms with van der Waals surface area (Å²) in [4.78, 5) is 12.2. The topological polar surface area (TPSA) is 49.3 Å². The lowest BCUT2D eigenvalue weighted by atomic mass is 10.1. The summed E-state index contributed by atoms with van der Waals surface area (Å²) in [7, 11) is 0. The largest absolute Gasteiger partial charge is 0.505 e. The predicted molar refractivity (Wildman–Crippen MR) is 87.5 cm³/mol. The third-order valence-corrected chi connectivity index (χ3v) is 4.29. The molecular formula is C15H6Cl3F6NO2. The minimum absolute atomic E-state index is 0.101. The number of benzene rings is 2. The molecule has 2 aromatic carbocycles. The summed E-state index contributed by atoms with van der Waals surface area (Å²) in [5.74, 6) is -2.15. The van der Waals surface area contributed by atoms with Crippen LogP contribution in [-0.4, -0.2) is 11.0 Å². The highest BCUT2D eigenvalue weighted by atomic mass is 35.5. The van der Waals surface area contributed by atoms with Crippen LogP contribution in [0.3, 0.4) is 0 Å². The van der Waals surface area contributed by atoms with Crippen LogP contribution in [0, 0.1) is 0 Å². The monoisotopic (exact) mass is 451 g/mol. The van der Waals surface area contributed by atoms with Crippen molar-refractivity contribution in [2.24, 2.45) is 0 Å². The van der Waals surface area contributed by atoms with E-state index in [0.29, 0.717) is 12.1 Å². The smallest absolute Gasteiger partial charge is 0.416 e. The van der Waals surface area contributed by atoms with E-state index in [9.17, 15) is 36.2 Å². The van der Waals surface area contributed by atoms with E-state index in [-0.39, 0.29) is 11.1 Å². The maximum atomic E-state index is 12.9. The molecule has 3 nitrogen and oxygen atoms in total. The van der Waals surface area contributed by atoms with E-state index in [4.69, 9.17) is 34.8 Å². The Balaban J connectivity index is 2.53. The highest BCUT2D eigenvalue weighted by Gasteiger charge is 2.37. The third-order valence-electron chi connectivity index (χ3n) is 3.22. The van der Waals surface area contributed by atoms with Crippen molar-refractivity contribution in [1.82, 2.24) is 0 Å². The summed E-state index contributed by atoms with van der Waals surface area (Å²) in [6.07, 6.45) is -10.2. The van der Waals surface area contributed by atoms with Crippen LogP contribution in [0.15, 0.2) is 24.3 Å². The molecule has 0 saturated heterocycles. The second-order valence-corrected chi connectivity index (χ2v) is 6.32. The van der Waals surface area contributed by atoms with Crippen molar-refractivity contribution < 1.29 is 36.2 Å². The van der Waals surface area contributed by atoms with Gasteiger partial charge in [-0.3, -0.25) is 4.79 Å². The molecule has 0 aromatic heterocycles. The first-order valence-corrected chi connectivity index (χ1v) is 7.82. The van der Waals surface area contributed by atoms with Crippen LogP contribution in [0.25, 0.3) is 0 Å². The van der Waals surface area contributed by atoms with Crippen LogP contribution < -0.4 is 5.32 Å². The molecule has 0 aliphatic heterocycles. The summed E-state index contributed by atoms with van der Waals surface area (Å²) in [5, 5.41) is 10.5. The lowest BCUT2D eigenvalue weighted by Crippen LogP contribution is -2.16. The fourth-order valence-corrected chi connectivity index (χ4v) is 2.71. The van der Waals surface area contributed by atoms with Gasteiger partial charge in [0, 0.05) is 5.69 Å². The van der Waals surface area contributed by atoms with E-state index < -0.39 is 56.4 Å². The van der Waals surface area contributed by atoms with Gasteiger partial charge in [-0.15, -0.1) is 0 Å². The first-order valence-electron chi connectivity index (χ1n) is 6.69. The van der Waals surface area contributed by atoms with Gasteiger partial charge in [-0.2, -0.15) is 26.3 Å². The molecule has 0 spiro atoms. The van der Waals surface area contributed by atoms with Crippen LogP contribution in [0.1, 0.15) is 21.5 Å². The van der Waals surface area contributed by atoms with Gasteiger partial charge in [-0.25, -0.2) is 0 Å². The van der Waals surface area contributed by atoms with Gasteiger partial charge in [0.15, 0.2) is 0 Å². The van der Waals surface area contributed by atoms with E-state index in [2.05, 4.69) is 0 Å². The molecule has 2 aromatic rings. The molecule has 0 aliphatic rings. The number of phenols is 1. The molecule has 2 rings (SSSR count). The van der Waals surface area contributed by atoms with Gasteiger partial charge in [-0.1, -0.05) is 34.8 Å². The number of nitrogens with one attached hydrogen (secondary N) is 1. The number of amides is 1. The number of halogens is 9. The Morgan fingerprint density at radius 2 is 1.33 bits per heavy atom. The quantitative estimate of drug-likeness (QED) is 0.396. The van der Waals surface area contributed by atoms with E-state index in [0.717, 1.165) is 6.07 Å². The zero-order chi connectivity index (χ0) is 20.7. The maximum absolute atomic E-state index is 12.9. The number of alkyl halides is 6. The first-order chi connectivity index (χ1) is 12.2. The molecule has 146 valence electrons. The molecule has 27 heavy (non-hydrogen) atoms. The van der Waals surface area contributed by atoms with Crippen molar-refractivity contribution in [3.8, 4) is 5.75 Å². The van der Waals surface area contributed by atoms with E-state index in [1.165, 1.54) is 0 Å². The Morgan fingerprint density at radius 1 is 0.852 bits per heavy atom. The van der Waals surface area contributed by atoms with Gasteiger partial charge in [-0.05, 0) is 24.3 Å². The Kier molecular flexibility index (Phi) is 5.79. The molecule has 0 aliphatic carbocycles. The standard InChI is InChI=1S/C15H6Cl3F6NO2/c16-8-4-9(17)12(26)10(11(8)18)13(27)25-7-2-5(14(19,20)21)1-6(3-7)15(22,23)24/h1-4,26H,(H,25,27). The average molecular weight is 453 g/mol. The molecule has 0 bridgehead atoms. The van der Waals surface area contributed by atoms with Crippen molar-refractivity contribution >= 4 is 46.4 Å². The molecule has 1 amide bonds. The van der Waals surface area contributed by atoms with Crippen molar-refractivity contribution in [2.45, 2.75) is 12.4 Å². The first kappa shape index (κ1) is 21.5. The van der Waals surface area contributed by atoms with Gasteiger partial charge in [0.05, 0.1) is 26.2 Å². The highest BCUT2D eigenvalue weighted by Crippen LogP contribution is 2.40. The Labute approximate surface area is 162 Å². The SMILES string of the molecule is O=C(Nc1cc(C(F)(F)F)cc(C(F)(F)F)c1)c1c(O)c(Cl)cc(Cl)c1Cl. The molecule has 0 radical (unpaired) electrons. The zero-order valence-electron chi connectivity index (χ0n) is 12.6. The van der Waals surface area contributed by atoms with Crippen LogP contribution in [-0.2, 0) is 12.4 Å². The molecule has 12 heteroatoms. The number of carbonyl (C=O) groups excluding carboxylic acids is 1. The van der Waals surface area contributed by atoms with E-state index >= 15 is 0 Å². The minimum atomic E-state index is -5.10. The van der Waals surface area contributed by atoms with Gasteiger partial charge in [0.1, 0.15) is 11.3 Å². The number of hydrogen-bond acceptors (Lipinski definition) is 2. The number of aromatic hydroxyl groups is 1. The normalized spacial score (nSPS) is 12.2. The lowest BCUT2D eigenvalue weighted by molar-refractivity contribution is -0.143. The number of phenolic OH excluding ortho intramolecular Hbond substituents is 1. The lowest BCUT2D eigenvalue weighted by Gasteiger charge is -2.15. The minimum Gasteiger partial charge on any atom is -0.505 e. The van der Waals surface area contributed by atoms with Gasteiger partial charge >= 0.3 is 12.4 Å². The number of hydrogen-bond donors (Lipinski definition) is 2. The highest BCUT2D eigenvalue weighted by molar-refractivity contribution is 6.46. The van der Waals surface area contributed by atoms with Gasteiger partial charge in [0.2, 0.25) is 0 Å². The summed E-state index contributed by atoms with van der Waals surface area (Å²) in [6, 6.07) is 1.49. The Bertz CT molecular complexity index is 853. The fourth-order valence-electron chi connectivity index (χ4n) is 2.01. The summed E-state index contributed by atoms with van der Waals surface area (Å²) in [6.45, 7) is 0. The fraction of sp³-hybridized carbons (Fsp3) is 0.133. The second-order valence-electron chi connectivity index (χ2n) is 5.13. The zero-order valence-corrected chi connectivity index (χ0v) is 14.8. The molecule has 0 heterocycles. The van der Waals surface area contributed by atoms with Crippen LogP contribution >= 0.6 is 34.8 Å². The van der Waals surface area contributed by atoms with E-state index in [1.807, 2.05) is 5.32 Å². The Hall–Kier alpha value is -1.84. The van der Waals surface area contributed by atoms with Crippen molar-refractivity contribution in [3.05, 3.63) is 56.0 Å². The molecule has 2 N–H and O–H groups in total. The number of carbonyl (C=O) groups is 1. The molecule has 0 unspecified atom stereocenters. The molecule has 0 fully saturated rings. The summed E-state index contributed by atoms with van der Waals surface area (Å²) in [5.41, 5.74) is -4.80. The van der Waals surface area contributed by atoms with Crippen molar-refractivity contribution in [2.75, 3.05) is 5.32 Å². The second kappa shape index (κ2) is 7.29. The summed E-state index contributed by atoms with van der Waals surface area (Å²) < 4.78 is 77.1. The summed E-state index contributed by atoms with van der Waals surface area (Å²) >= 11 is 17.1. The predicted octanol–water partition coefficient (Wildman–Crippen LogP) is 6.64. The van der Waals surface area contributed by atoms with E-state index in [1.54, 1.807) is 0 Å². The average Bonchev–Trinajstić information content (AvgIpc) is 2.51. The molecule has 0 atom stereocenters. The van der Waals surface area contributed by atoms with Gasteiger partial charge < -0.3 is 10.4 Å². The maximum Gasteiger partial charge on any atom is 0.416 e. The number of anilines is 1. The van der Waals surface area contributed by atoms with Crippen LogP contribution in [0.2, 0.25) is 15.1 Å². The van der Waals surface area contributed by atoms with Crippen LogP contribution in [0.4, 0.5) is 32.0 Å². The Morgan fingerprint density at radius 3 is 1.78 bits per heavy atom. The molecular weight excluding hydrogens is 447 g/mol. The third kappa shape index (κ3) is 4.72.